The molecule has 1 atom stereocenters. The Morgan fingerprint density at radius 1 is 1.29 bits per heavy atom. The van der Waals surface area contributed by atoms with Crippen molar-refractivity contribution in [1.29, 1.82) is 0 Å². The summed E-state index contributed by atoms with van der Waals surface area (Å²) < 4.78 is 0. The predicted octanol–water partition coefficient (Wildman–Crippen LogP) is 1.42. The lowest BCUT2D eigenvalue weighted by Gasteiger charge is -2.22. The van der Waals surface area contributed by atoms with E-state index < -0.39 is 5.97 Å². The molecule has 0 bridgehead atoms. The summed E-state index contributed by atoms with van der Waals surface area (Å²) in [6, 6.07) is 0. The Kier molecular flexibility index (Phi) is 5.12. The van der Waals surface area contributed by atoms with Crippen LogP contribution in [0.5, 0.6) is 0 Å². The number of carbonyl (C=O) groups excluding carboxylic acids is 2. The molecule has 0 aliphatic carbocycles. The molecule has 1 aliphatic rings. The Morgan fingerprint density at radius 3 is 2.29 bits per heavy atom. The number of likely N-dealkylation sites (tertiary alicyclic amines) is 1. The van der Waals surface area contributed by atoms with E-state index in [2.05, 4.69) is 0 Å². The molecule has 5 heteroatoms. The lowest BCUT2D eigenvalue weighted by molar-refractivity contribution is -0.144. The summed E-state index contributed by atoms with van der Waals surface area (Å²) in [4.78, 5) is 35.1. The summed E-state index contributed by atoms with van der Waals surface area (Å²) in [5.41, 5.74) is 0. The lowest BCUT2D eigenvalue weighted by atomic mass is 10.0. The highest BCUT2D eigenvalue weighted by molar-refractivity contribution is 5.96. The molecule has 1 saturated heterocycles. The van der Waals surface area contributed by atoms with Crippen LogP contribution in [-0.2, 0) is 14.4 Å². The van der Waals surface area contributed by atoms with Gasteiger partial charge < -0.3 is 5.11 Å². The largest absolute Gasteiger partial charge is 0.481 e. The fourth-order valence-corrected chi connectivity index (χ4v) is 1.94. The van der Waals surface area contributed by atoms with Gasteiger partial charge in [-0.05, 0) is 25.2 Å². The maximum atomic E-state index is 11.7. The minimum Gasteiger partial charge on any atom is -0.481 e. The number of hydrogen-bond acceptors (Lipinski definition) is 3. The number of carbonyl (C=O) groups is 3. The first-order valence-corrected chi connectivity index (χ1v) is 6.05. The molecular weight excluding hydrogens is 222 g/mol. The monoisotopic (exact) mass is 241 g/mol. The van der Waals surface area contributed by atoms with E-state index in [0.717, 1.165) is 12.8 Å². The van der Waals surface area contributed by atoms with E-state index in [0.29, 0.717) is 25.8 Å². The molecule has 1 heterocycles. The van der Waals surface area contributed by atoms with Gasteiger partial charge in [-0.2, -0.15) is 0 Å². The fraction of sp³-hybridized carbons (Fsp3) is 0.750. The minimum absolute atomic E-state index is 0.0390. The van der Waals surface area contributed by atoms with Crippen molar-refractivity contribution in [2.75, 3.05) is 6.54 Å². The second-order valence-electron chi connectivity index (χ2n) is 4.64. The van der Waals surface area contributed by atoms with Crippen LogP contribution >= 0.6 is 0 Å². The molecule has 5 nitrogen and oxygen atoms in total. The number of amides is 2. The normalized spacial score (nSPS) is 19.0. The van der Waals surface area contributed by atoms with Gasteiger partial charge in [0.15, 0.2) is 0 Å². The predicted molar refractivity (Wildman–Crippen MR) is 61.2 cm³/mol. The average Bonchev–Trinajstić information content (AvgIpc) is 2.41. The number of carboxylic acids is 1. The summed E-state index contributed by atoms with van der Waals surface area (Å²) >= 11 is 0. The van der Waals surface area contributed by atoms with Crippen LogP contribution < -0.4 is 0 Å². The summed E-state index contributed by atoms with van der Waals surface area (Å²) in [5, 5.41) is 8.57. The third-order valence-electron chi connectivity index (χ3n) is 2.98. The van der Waals surface area contributed by atoms with Crippen LogP contribution in [0.2, 0.25) is 0 Å². The Bertz CT molecular complexity index is 296. The molecule has 1 N–H and O–H groups in total. The van der Waals surface area contributed by atoms with Crippen molar-refractivity contribution in [3.05, 3.63) is 0 Å². The van der Waals surface area contributed by atoms with Gasteiger partial charge >= 0.3 is 5.97 Å². The van der Waals surface area contributed by atoms with E-state index in [1.807, 2.05) is 6.92 Å². The van der Waals surface area contributed by atoms with Gasteiger partial charge in [0.1, 0.15) is 0 Å². The average molecular weight is 241 g/mol. The Morgan fingerprint density at radius 2 is 1.82 bits per heavy atom. The minimum atomic E-state index is -0.842. The first-order chi connectivity index (χ1) is 8.00. The summed E-state index contributed by atoms with van der Waals surface area (Å²) in [6.45, 7) is 2.22. The number of carboxylic acid groups (broad SMARTS) is 1. The SMILES string of the molecule is CC(CCC(=O)O)CN1C(=O)CCCCC1=O. The third-order valence-corrected chi connectivity index (χ3v) is 2.98. The zero-order valence-electron chi connectivity index (χ0n) is 10.1. The van der Waals surface area contributed by atoms with Crippen molar-refractivity contribution in [3.63, 3.8) is 0 Å². The fourth-order valence-electron chi connectivity index (χ4n) is 1.94. The molecule has 0 aromatic rings. The first kappa shape index (κ1) is 13.7. The van der Waals surface area contributed by atoms with Gasteiger partial charge in [0.25, 0.3) is 0 Å². The molecule has 1 fully saturated rings. The molecule has 0 aromatic heterocycles. The number of imide groups is 1. The van der Waals surface area contributed by atoms with E-state index in [1.54, 1.807) is 0 Å². The van der Waals surface area contributed by atoms with E-state index in [9.17, 15) is 14.4 Å². The number of aliphatic carboxylic acids is 1. The standard InChI is InChI=1S/C12H19NO4/c1-9(6-7-12(16)17)8-13-10(14)4-2-3-5-11(13)15/h9H,2-8H2,1H3,(H,16,17). The number of nitrogens with zero attached hydrogens (tertiary/aromatic N) is 1. The summed E-state index contributed by atoms with van der Waals surface area (Å²) in [5.74, 6) is -1.04. The quantitative estimate of drug-likeness (QED) is 0.738. The third kappa shape index (κ3) is 4.54. The van der Waals surface area contributed by atoms with Crippen LogP contribution in [0.1, 0.15) is 45.4 Å². The maximum Gasteiger partial charge on any atom is 0.303 e. The molecule has 0 saturated carbocycles. The molecule has 1 rings (SSSR count). The molecule has 96 valence electrons. The molecule has 0 radical (unpaired) electrons. The van der Waals surface area contributed by atoms with Crippen LogP contribution in [0, 0.1) is 5.92 Å². The Balaban J connectivity index is 2.49. The Labute approximate surface area is 101 Å². The summed E-state index contributed by atoms with van der Waals surface area (Å²) in [7, 11) is 0. The van der Waals surface area contributed by atoms with Crippen LogP contribution in [0.15, 0.2) is 0 Å². The first-order valence-electron chi connectivity index (χ1n) is 6.05. The van der Waals surface area contributed by atoms with Crippen molar-refractivity contribution in [3.8, 4) is 0 Å². The molecule has 0 aromatic carbocycles. The topological polar surface area (TPSA) is 74.7 Å². The second-order valence-corrected chi connectivity index (χ2v) is 4.64. The molecular formula is C12H19NO4. The smallest absolute Gasteiger partial charge is 0.303 e. The zero-order valence-corrected chi connectivity index (χ0v) is 10.1. The highest BCUT2D eigenvalue weighted by atomic mass is 16.4. The van der Waals surface area contributed by atoms with E-state index >= 15 is 0 Å². The zero-order chi connectivity index (χ0) is 12.8. The molecule has 0 spiro atoms. The maximum absolute atomic E-state index is 11.7. The Hall–Kier alpha value is -1.39. The van der Waals surface area contributed by atoms with Crippen molar-refractivity contribution in [2.24, 2.45) is 5.92 Å². The van der Waals surface area contributed by atoms with Crippen LogP contribution in [-0.4, -0.2) is 34.3 Å². The van der Waals surface area contributed by atoms with Gasteiger partial charge in [0.2, 0.25) is 11.8 Å². The summed E-state index contributed by atoms with van der Waals surface area (Å²) in [6.07, 6.45) is 2.97. The van der Waals surface area contributed by atoms with E-state index in [1.165, 1.54) is 4.90 Å². The molecule has 1 unspecified atom stereocenters. The van der Waals surface area contributed by atoms with Gasteiger partial charge in [-0.3, -0.25) is 19.3 Å². The van der Waals surface area contributed by atoms with E-state index in [4.69, 9.17) is 5.11 Å². The second kappa shape index (κ2) is 6.37. The van der Waals surface area contributed by atoms with Gasteiger partial charge in [0, 0.05) is 25.8 Å². The van der Waals surface area contributed by atoms with Gasteiger partial charge in [0.05, 0.1) is 0 Å². The molecule has 1 aliphatic heterocycles. The molecule has 17 heavy (non-hydrogen) atoms. The van der Waals surface area contributed by atoms with Crippen LogP contribution in [0.25, 0.3) is 0 Å². The van der Waals surface area contributed by atoms with Crippen LogP contribution in [0.3, 0.4) is 0 Å². The van der Waals surface area contributed by atoms with Crippen molar-refractivity contribution in [2.45, 2.75) is 45.4 Å². The van der Waals surface area contributed by atoms with Crippen molar-refractivity contribution >= 4 is 17.8 Å². The van der Waals surface area contributed by atoms with Gasteiger partial charge in [-0.25, -0.2) is 0 Å². The molecule has 2 amide bonds. The van der Waals surface area contributed by atoms with Crippen LogP contribution in [0.4, 0.5) is 0 Å². The highest BCUT2D eigenvalue weighted by Crippen LogP contribution is 2.16. The number of rotatable bonds is 5. The van der Waals surface area contributed by atoms with Gasteiger partial charge in [-0.1, -0.05) is 6.92 Å². The van der Waals surface area contributed by atoms with Gasteiger partial charge in [-0.15, -0.1) is 0 Å². The number of hydrogen-bond donors (Lipinski definition) is 1. The van der Waals surface area contributed by atoms with Crippen molar-refractivity contribution < 1.29 is 19.5 Å². The lowest BCUT2D eigenvalue weighted by Crippen LogP contribution is -2.38. The highest BCUT2D eigenvalue weighted by Gasteiger charge is 2.25. The van der Waals surface area contributed by atoms with Crippen molar-refractivity contribution in [1.82, 2.24) is 4.90 Å². The van der Waals surface area contributed by atoms with E-state index in [-0.39, 0.29) is 24.2 Å².